The topological polar surface area (TPSA) is 64.8 Å². The van der Waals surface area contributed by atoms with E-state index in [1.807, 2.05) is 18.2 Å². The van der Waals surface area contributed by atoms with Gasteiger partial charge in [0.05, 0.1) is 5.75 Å². The molecule has 0 fully saturated rings. The van der Waals surface area contributed by atoms with Gasteiger partial charge in [-0.3, -0.25) is 4.98 Å². The number of nitrogens with zero attached hydrogens (tertiary/aromatic N) is 3. The van der Waals surface area contributed by atoms with Crippen molar-refractivity contribution in [1.82, 2.24) is 14.5 Å². The fraction of sp³-hybridized carbons (Fsp3) is 0.273. The van der Waals surface area contributed by atoms with Crippen LogP contribution >= 0.6 is 0 Å². The van der Waals surface area contributed by atoms with E-state index in [1.165, 1.54) is 6.26 Å². The molecule has 0 saturated carbocycles. The van der Waals surface area contributed by atoms with Crippen molar-refractivity contribution in [3.8, 4) is 11.5 Å². The first kappa shape index (κ1) is 11.8. The summed E-state index contributed by atoms with van der Waals surface area (Å²) in [7, 11) is -2.97. The maximum absolute atomic E-state index is 11.1. The molecule has 0 aliphatic carbocycles. The molecule has 2 heterocycles. The van der Waals surface area contributed by atoms with Crippen molar-refractivity contribution in [2.45, 2.75) is 6.54 Å². The van der Waals surface area contributed by atoms with E-state index in [0.717, 1.165) is 5.69 Å². The van der Waals surface area contributed by atoms with Crippen LogP contribution in [-0.4, -0.2) is 35.0 Å². The highest BCUT2D eigenvalue weighted by molar-refractivity contribution is 7.90. The zero-order chi connectivity index (χ0) is 12.3. The van der Waals surface area contributed by atoms with E-state index in [-0.39, 0.29) is 5.75 Å². The molecule has 0 atom stereocenters. The summed E-state index contributed by atoms with van der Waals surface area (Å²) < 4.78 is 24.0. The van der Waals surface area contributed by atoms with Gasteiger partial charge in [-0.1, -0.05) is 6.07 Å². The second-order valence-corrected chi connectivity index (χ2v) is 6.05. The molecule has 90 valence electrons. The number of pyridine rings is 1. The third kappa shape index (κ3) is 3.13. The Morgan fingerprint density at radius 1 is 1.24 bits per heavy atom. The zero-order valence-electron chi connectivity index (χ0n) is 9.44. The van der Waals surface area contributed by atoms with Gasteiger partial charge in [-0.25, -0.2) is 13.4 Å². The van der Waals surface area contributed by atoms with Crippen LogP contribution in [0, 0.1) is 0 Å². The summed E-state index contributed by atoms with van der Waals surface area (Å²) in [5.74, 6) is 0.790. The van der Waals surface area contributed by atoms with Crippen molar-refractivity contribution in [2.24, 2.45) is 0 Å². The molecular formula is C11H13N3O2S. The smallest absolute Gasteiger partial charge is 0.158 e. The highest BCUT2D eigenvalue weighted by Gasteiger charge is 2.09. The monoisotopic (exact) mass is 251 g/mol. The van der Waals surface area contributed by atoms with Gasteiger partial charge in [0, 0.05) is 31.4 Å². The molecule has 5 nitrogen and oxygen atoms in total. The van der Waals surface area contributed by atoms with Crippen LogP contribution in [0.15, 0.2) is 36.8 Å². The van der Waals surface area contributed by atoms with Gasteiger partial charge >= 0.3 is 0 Å². The summed E-state index contributed by atoms with van der Waals surface area (Å²) >= 11 is 0. The summed E-state index contributed by atoms with van der Waals surface area (Å²) in [5.41, 5.74) is 0.742. The van der Waals surface area contributed by atoms with Crippen molar-refractivity contribution < 1.29 is 8.42 Å². The van der Waals surface area contributed by atoms with Gasteiger partial charge in [-0.05, 0) is 12.1 Å². The first-order valence-corrected chi connectivity index (χ1v) is 7.22. The lowest BCUT2D eigenvalue weighted by molar-refractivity contribution is 0.595. The van der Waals surface area contributed by atoms with E-state index >= 15 is 0 Å². The molecule has 2 rings (SSSR count). The van der Waals surface area contributed by atoms with Gasteiger partial charge in [0.1, 0.15) is 15.5 Å². The van der Waals surface area contributed by atoms with E-state index in [0.29, 0.717) is 12.4 Å². The third-order valence-electron chi connectivity index (χ3n) is 2.31. The average molecular weight is 251 g/mol. The predicted octanol–water partition coefficient (Wildman–Crippen LogP) is 0.990. The lowest BCUT2D eigenvalue weighted by atomic mass is 10.3. The minimum Gasteiger partial charge on any atom is -0.329 e. The predicted molar refractivity (Wildman–Crippen MR) is 65.2 cm³/mol. The maximum Gasteiger partial charge on any atom is 0.158 e. The number of imidazole rings is 1. The minimum atomic E-state index is -2.97. The van der Waals surface area contributed by atoms with Crippen molar-refractivity contribution >= 4 is 9.84 Å². The van der Waals surface area contributed by atoms with Crippen LogP contribution in [0.25, 0.3) is 11.5 Å². The van der Waals surface area contributed by atoms with Crippen molar-refractivity contribution in [3.05, 3.63) is 36.8 Å². The average Bonchev–Trinajstić information content (AvgIpc) is 2.75. The Morgan fingerprint density at radius 2 is 2.06 bits per heavy atom. The molecule has 0 radical (unpaired) electrons. The standard InChI is InChI=1S/C11H13N3O2S/c1-17(15,16)9-8-14-7-6-13-11(14)10-4-2-3-5-12-10/h2-7H,8-9H2,1H3. The van der Waals surface area contributed by atoms with Gasteiger partial charge in [0.2, 0.25) is 0 Å². The van der Waals surface area contributed by atoms with Crippen LogP contribution in [-0.2, 0) is 16.4 Å². The van der Waals surface area contributed by atoms with Gasteiger partial charge in [0.15, 0.2) is 5.82 Å². The minimum absolute atomic E-state index is 0.100. The Kier molecular flexibility index (Phi) is 3.23. The van der Waals surface area contributed by atoms with Crippen LogP contribution in [0.2, 0.25) is 0 Å². The Bertz CT molecular complexity index is 590. The summed E-state index contributed by atoms with van der Waals surface area (Å²) in [5, 5.41) is 0. The molecular weight excluding hydrogens is 238 g/mol. The fourth-order valence-electron chi connectivity index (χ4n) is 1.48. The van der Waals surface area contributed by atoms with Crippen LogP contribution < -0.4 is 0 Å². The summed E-state index contributed by atoms with van der Waals surface area (Å²) in [6, 6.07) is 5.55. The molecule has 0 saturated heterocycles. The quantitative estimate of drug-likeness (QED) is 0.812. The Labute approximate surface area is 100 Å². The first-order valence-electron chi connectivity index (χ1n) is 5.16. The summed E-state index contributed by atoms with van der Waals surface area (Å²) in [6.45, 7) is 0.394. The molecule has 2 aromatic heterocycles. The lowest BCUT2D eigenvalue weighted by Gasteiger charge is -2.06. The largest absolute Gasteiger partial charge is 0.329 e. The van der Waals surface area contributed by atoms with Crippen molar-refractivity contribution in [2.75, 3.05) is 12.0 Å². The Morgan fingerprint density at radius 3 is 2.71 bits per heavy atom. The lowest BCUT2D eigenvalue weighted by Crippen LogP contribution is -2.11. The molecule has 2 aromatic rings. The number of hydrogen-bond donors (Lipinski definition) is 0. The normalized spacial score (nSPS) is 11.6. The van der Waals surface area contributed by atoms with Crippen LogP contribution in [0.1, 0.15) is 0 Å². The fourth-order valence-corrected chi connectivity index (χ4v) is 2.01. The van der Waals surface area contributed by atoms with Crippen LogP contribution in [0.3, 0.4) is 0 Å². The number of hydrogen-bond acceptors (Lipinski definition) is 4. The van der Waals surface area contributed by atoms with E-state index in [4.69, 9.17) is 0 Å². The second-order valence-electron chi connectivity index (χ2n) is 3.79. The van der Waals surface area contributed by atoms with E-state index in [9.17, 15) is 8.42 Å². The highest BCUT2D eigenvalue weighted by atomic mass is 32.2. The van der Waals surface area contributed by atoms with Gasteiger partial charge in [-0.2, -0.15) is 0 Å². The Hall–Kier alpha value is -1.69. The van der Waals surface area contributed by atoms with Gasteiger partial charge in [-0.15, -0.1) is 0 Å². The van der Waals surface area contributed by atoms with Gasteiger partial charge < -0.3 is 4.57 Å². The maximum atomic E-state index is 11.1. The molecule has 0 aliphatic heterocycles. The molecule has 0 aliphatic rings. The third-order valence-corrected chi connectivity index (χ3v) is 3.24. The number of rotatable bonds is 4. The van der Waals surface area contributed by atoms with E-state index < -0.39 is 9.84 Å². The van der Waals surface area contributed by atoms with Crippen LogP contribution in [0.5, 0.6) is 0 Å². The number of sulfone groups is 1. The molecule has 0 aromatic carbocycles. The molecule has 0 unspecified atom stereocenters. The second kappa shape index (κ2) is 4.67. The SMILES string of the molecule is CS(=O)(=O)CCn1ccnc1-c1ccccn1. The van der Waals surface area contributed by atoms with Gasteiger partial charge in [0.25, 0.3) is 0 Å². The molecule has 0 N–H and O–H groups in total. The highest BCUT2D eigenvalue weighted by Crippen LogP contribution is 2.13. The molecule has 0 bridgehead atoms. The number of aromatic nitrogens is 3. The van der Waals surface area contributed by atoms with Crippen molar-refractivity contribution in [1.29, 1.82) is 0 Å². The summed E-state index contributed by atoms with van der Waals surface area (Å²) in [4.78, 5) is 8.39. The summed E-state index contributed by atoms with van der Waals surface area (Å²) in [6.07, 6.45) is 6.32. The molecule has 0 amide bonds. The zero-order valence-corrected chi connectivity index (χ0v) is 10.3. The Balaban J connectivity index is 2.24. The first-order chi connectivity index (χ1) is 8.06. The number of aryl methyl sites for hydroxylation is 1. The van der Waals surface area contributed by atoms with Crippen LogP contribution in [0.4, 0.5) is 0 Å². The van der Waals surface area contributed by atoms with E-state index in [1.54, 1.807) is 23.2 Å². The molecule has 0 spiro atoms. The molecule has 17 heavy (non-hydrogen) atoms. The van der Waals surface area contributed by atoms with E-state index in [2.05, 4.69) is 9.97 Å². The molecule has 6 heteroatoms. The van der Waals surface area contributed by atoms with Crippen molar-refractivity contribution in [3.63, 3.8) is 0 Å².